The fourth-order valence-corrected chi connectivity index (χ4v) is 2.51. The van der Waals surface area contributed by atoms with Crippen molar-refractivity contribution in [3.05, 3.63) is 46.5 Å². The van der Waals surface area contributed by atoms with Gasteiger partial charge in [0, 0.05) is 18.1 Å². The zero-order valence-electron chi connectivity index (χ0n) is 11.2. The summed E-state index contributed by atoms with van der Waals surface area (Å²) >= 11 is 0. The van der Waals surface area contributed by atoms with Gasteiger partial charge in [0.25, 0.3) is 0 Å². The van der Waals surface area contributed by atoms with Crippen molar-refractivity contribution in [1.29, 1.82) is 0 Å². The molecule has 102 valence electrons. The number of hydrogen-bond donors (Lipinski definition) is 2. The smallest absolute Gasteiger partial charge is 0.171 e. The zero-order valence-corrected chi connectivity index (χ0v) is 11.2. The molecule has 20 heavy (non-hydrogen) atoms. The van der Waals surface area contributed by atoms with E-state index < -0.39 is 0 Å². The van der Waals surface area contributed by atoms with Gasteiger partial charge in [-0.1, -0.05) is 6.07 Å². The molecular formula is C16H14O4. The van der Waals surface area contributed by atoms with Crippen molar-refractivity contribution < 1.29 is 19.7 Å². The number of aryl methyl sites for hydroxylation is 2. The second kappa shape index (κ2) is 4.27. The van der Waals surface area contributed by atoms with E-state index in [1.807, 2.05) is 26.0 Å². The highest BCUT2D eigenvalue weighted by atomic mass is 16.5. The molecule has 0 aromatic heterocycles. The van der Waals surface area contributed by atoms with Gasteiger partial charge in [0.05, 0.1) is 5.56 Å². The summed E-state index contributed by atoms with van der Waals surface area (Å²) in [5.74, 6) is 0.138. The maximum atomic E-state index is 12.3. The van der Waals surface area contributed by atoms with Crippen LogP contribution in [0.4, 0.5) is 0 Å². The first-order valence-electron chi connectivity index (χ1n) is 6.33. The number of carbonyl (C=O) groups is 1. The van der Waals surface area contributed by atoms with E-state index in [4.69, 9.17) is 4.74 Å². The fraction of sp³-hybridized carbons (Fsp3) is 0.188. The lowest BCUT2D eigenvalue weighted by Gasteiger charge is -2.11. The molecule has 1 heterocycles. The third-order valence-corrected chi connectivity index (χ3v) is 3.51. The van der Waals surface area contributed by atoms with Gasteiger partial charge in [-0.3, -0.25) is 4.79 Å². The summed E-state index contributed by atoms with van der Waals surface area (Å²) in [6, 6.07) is 6.39. The van der Waals surface area contributed by atoms with Crippen LogP contribution in [0.3, 0.4) is 0 Å². The largest absolute Gasteiger partial charge is 0.504 e. The molecule has 4 heteroatoms. The van der Waals surface area contributed by atoms with Gasteiger partial charge >= 0.3 is 0 Å². The number of ketones is 1. The van der Waals surface area contributed by atoms with Crippen molar-refractivity contribution >= 4 is 5.78 Å². The van der Waals surface area contributed by atoms with Gasteiger partial charge in [-0.2, -0.15) is 0 Å². The Bertz CT molecular complexity index is 732. The predicted octanol–water partition coefficient (Wildman–Crippen LogP) is 3.25. The molecule has 0 unspecified atom stereocenters. The average molecular weight is 270 g/mol. The molecule has 0 amide bonds. The van der Waals surface area contributed by atoms with E-state index in [2.05, 4.69) is 0 Å². The van der Waals surface area contributed by atoms with Gasteiger partial charge < -0.3 is 14.9 Å². The second-order valence-electron chi connectivity index (χ2n) is 5.10. The second-order valence-corrected chi connectivity index (χ2v) is 5.10. The molecule has 0 spiro atoms. The summed E-state index contributed by atoms with van der Waals surface area (Å²) in [5.41, 5.74) is 3.17. The first-order chi connectivity index (χ1) is 9.45. The molecule has 1 aliphatic heterocycles. The Morgan fingerprint density at radius 1 is 1.00 bits per heavy atom. The lowest BCUT2D eigenvalue weighted by molar-refractivity contribution is 0.0993. The molecule has 0 saturated carbocycles. The Morgan fingerprint density at radius 2 is 1.70 bits per heavy atom. The Morgan fingerprint density at radius 3 is 2.45 bits per heavy atom. The minimum absolute atomic E-state index is 0.138. The van der Waals surface area contributed by atoms with E-state index in [0.717, 1.165) is 16.7 Å². The number of aromatic hydroxyl groups is 2. The third-order valence-electron chi connectivity index (χ3n) is 3.51. The molecule has 0 bridgehead atoms. The van der Waals surface area contributed by atoms with Crippen LogP contribution in [0.2, 0.25) is 0 Å². The summed E-state index contributed by atoms with van der Waals surface area (Å²) in [6.45, 7) is 3.89. The van der Waals surface area contributed by atoms with Crippen LogP contribution in [-0.2, 0) is 6.42 Å². The Balaban J connectivity index is 2.22. The molecule has 0 radical (unpaired) electrons. The maximum Gasteiger partial charge on any atom is 0.171 e. The normalized spacial score (nSPS) is 13.2. The Hall–Kier alpha value is -2.49. The molecule has 1 aliphatic rings. The van der Waals surface area contributed by atoms with Crippen LogP contribution >= 0.6 is 0 Å². The van der Waals surface area contributed by atoms with E-state index in [1.54, 1.807) is 0 Å². The minimum atomic E-state index is -0.320. The highest BCUT2D eigenvalue weighted by molar-refractivity contribution is 6.02. The summed E-state index contributed by atoms with van der Waals surface area (Å²) in [4.78, 5) is 12.3. The zero-order chi connectivity index (χ0) is 14.4. The van der Waals surface area contributed by atoms with E-state index in [-0.39, 0.29) is 35.0 Å². The standard InChI is InChI=1S/C16H14O4/c1-8-3-9(2)10-5-12(17)11-6-13(18)14(19)7-16(11)20-15(10)4-8/h3-4,6-7,18-19H,5H2,1-2H3. The van der Waals surface area contributed by atoms with Crippen molar-refractivity contribution in [2.24, 2.45) is 0 Å². The topological polar surface area (TPSA) is 66.8 Å². The molecule has 2 N–H and O–H groups in total. The number of benzene rings is 2. The van der Waals surface area contributed by atoms with Gasteiger partial charge in [0.15, 0.2) is 17.3 Å². The SMILES string of the molecule is Cc1cc(C)c2c(c1)Oc1cc(O)c(O)cc1C(=O)C2. The Labute approximate surface area is 116 Å². The molecule has 2 aromatic carbocycles. The molecule has 4 nitrogen and oxygen atoms in total. The summed E-state index contributed by atoms with van der Waals surface area (Å²) in [6.07, 6.45) is 0.221. The summed E-state index contributed by atoms with van der Waals surface area (Å²) < 4.78 is 5.78. The minimum Gasteiger partial charge on any atom is -0.504 e. The first kappa shape index (κ1) is 12.5. The quantitative estimate of drug-likeness (QED) is 0.721. The Kier molecular flexibility index (Phi) is 2.67. The summed E-state index contributed by atoms with van der Waals surface area (Å²) in [5, 5.41) is 19.1. The third kappa shape index (κ3) is 1.90. The van der Waals surface area contributed by atoms with Crippen molar-refractivity contribution in [2.75, 3.05) is 0 Å². The monoisotopic (exact) mass is 270 g/mol. The van der Waals surface area contributed by atoms with E-state index in [0.29, 0.717) is 5.75 Å². The highest BCUT2D eigenvalue weighted by Gasteiger charge is 2.24. The van der Waals surface area contributed by atoms with Crippen LogP contribution < -0.4 is 4.74 Å². The number of ether oxygens (including phenoxy) is 1. The average Bonchev–Trinajstić information content (AvgIpc) is 2.49. The van der Waals surface area contributed by atoms with Gasteiger partial charge in [-0.25, -0.2) is 0 Å². The van der Waals surface area contributed by atoms with Gasteiger partial charge in [0.1, 0.15) is 11.5 Å². The molecule has 0 atom stereocenters. The number of rotatable bonds is 0. The van der Waals surface area contributed by atoms with Crippen LogP contribution in [0.5, 0.6) is 23.0 Å². The van der Waals surface area contributed by atoms with Gasteiger partial charge in [-0.15, -0.1) is 0 Å². The van der Waals surface area contributed by atoms with Crippen LogP contribution in [0.25, 0.3) is 0 Å². The van der Waals surface area contributed by atoms with Crippen molar-refractivity contribution in [2.45, 2.75) is 20.3 Å². The number of phenols is 2. The predicted molar refractivity (Wildman–Crippen MR) is 73.8 cm³/mol. The van der Waals surface area contributed by atoms with Gasteiger partial charge in [-0.05, 0) is 37.1 Å². The van der Waals surface area contributed by atoms with Crippen molar-refractivity contribution in [3.8, 4) is 23.0 Å². The molecule has 0 aliphatic carbocycles. The van der Waals surface area contributed by atoms with Crippen molar-refractivity contribution in [3.63, 3.8) is 0 Å². The van der Waals surface area contributed by atoms with E-state index in [1.165, 1.54) is 12.1 Å². The van der Waals surface area contributed by atoms with E-state index >= 15 is 0 Å². The summed E-state index contributed by atoms with van der Waals surface area (Å²) in [7, 11) is 0. The number of fused-ring (bicyclic) bond motifs is 2. The lowest BCUT2D eigenvalue weighted by Crippen LogP contribution is -2.03. The molecule has 0 fully saturated rings. The number of phenolic OH excluding ortho intramolecular Hbond substituents is 2. The van der Waals surface area contributed by atoms with Crippen LogP contribution in [0.1, 0.15) is 27.0 Å². The van der Waals surface area contributed by atoms with Crippen LogP contribution in [0, 0.1) is 13.8 Å². The number of hydrogen-bond acceptors (Lipinski definition) is 4. The molecule has 0 saturated heterocycles. The van der Waals surface area contributed by atoms with E-state index in [9.17, 15) is 15.0 Å². The van der Waals surface area contributed by atoms with Crippen LogP contribution in [-0.4, -0.2) is 16.0 Å². The fourth-order valence-electron chi connectivity index (χ4n) is 2.51. The molecule has 2 aromatic rings. The van der Waals surface area contributed by atoms with Crippen molar-refractivity contribution in [1.82, 2.24) is 0 Å². The first-order valence-corrected chi connectivity index (χ1v) is 6.33. The number of Topliss-reactive ketones (excluding diaryl/α,β-unsaturated/α-hetero) is 1. The number of carbonyl (C=O) groups excluding carboxylic acids is 1. The van der Waals surface area contributed by atoms with Crippen LogP contribution in [0.15, 0.2) is 24.3 Å². The lowest BCUT2D eigenvalue weighted by atomic mass is 9.98. The molecule has 3 rings (SSSR count). The highest BCUT2D eigenvalue weighted by Crippen LogP contribution is 2.40. The maximum absolute atomic E-state index is 12.3. The van der Waals surface area contributed by atoms with Gasteiger partial charge in [0.2, 0.25) is 0 Å². The molecular weight excluding hydrogens is 256 g/mol.